The minimum Gasteiger partial charge on any atom is -0.469 e. The second kappa shape index (κ2) is 6.65. The zero-order valence-corrected chi connectivity index (χ0v) is 10.7. The van der Waals surface area contributed by atoms with E-state index in [4.69, 9.17) is 4.42 Å². The van der Waals surface area contributed by atoms with Crippen molar-refractivity contribution in [2.24, 2.45) is 0 Å². The summed E-state index contributed by atoms with van der Waals surface area (Å²) in [5, 5.41) is 3.59. The van der Waals surface area contributed by atoms with Crippen molar-refractivity contribution in [3.63, 3.8) is 0 Å². The van der Waals surface area contributed by atoms with E-state index in [1.54, 1.807) is 11.8 Å². The van der Waals surface area contributed by atoms with E-state index in [0.29, 0.717) is 6.04 Å². The molecular weight excluding hydrogens is 210 g/mol. The normalized spacial score (nSPS) is 17.1. The van der Waals surface area contributed by atoms with E-state index in [2.05, 4.69) is 24.4 Å². The summed E-state index contributed by atoms with van der Waals surface area (Å²) < 4.78 is 5.33. The Balaban J connectivity index is 1.56. The highest BCUT2D eigenvalue weighted by Crippen LogP contribution is 2.19. The molecule has 0 fully saturated rings. The van der Waals surface area contributed by atoms with Gasteiger partial charge in [0.25, 0.3) is 0 Å². The van der Waals surface area contributed by atoms with Gasteiger partial charge in [-0.3, -0.25) is 0 Å². The summed E-state index contributed by atoms with van der Waals surface area (Å²) in [6.45, 7) is 3.37. The molecule has 94 valence electrons. The van der Waals surface area contributed by atoms with E-state index in [1.807, 2.05) is 6.07 Å². The van der Waals surface area contributed by atoms with Gasteiger partial charge < -0.3 is 9.73 Å². The lowest BCUT2D eigenvalue weighted by atomic mass is 10.1. The summed E-state index contributed by atoms with van der Waals surface area (Å²) in [4.78, 5) is 0. The fourth-order valence-electron chi connectivity index (χ4n) is 2.36. The Hall–Kier alpha value is -1.02. The van der Waals surface area contributed by atoms with Gasteiger partial charge in [-0.25, -0.2) is 0 Å². The van der Waals surface area contributed by atoms with Crippen molar-refractivity contribution < 1.29 is 4.42 Å². The predicted octanol–water partition coefficient (Wildman–Crippen LogP) is 3.69. The molecule has 2 nitrogen and oxygen atoms in total. The number of furan rings is 1. The monoisotopic (exact) mass is 233 g/mol. The highest BCUT2D eigenvalue weighted by atomic mass is 16.3. The molecule has 1 aliphatic rings. The Morgan fingerprint density at radius 1 is 1.41 bits per heavy atom. The first-order valence-electron chi connectivity index (χ1n) is 6.78. The summed E-state index contributed by atoms with van der Waals surface area (Å²) in [5.74, 6) is 1.09. The first kappa shape index (κ1) is 12.4. The maximum Gasteiger partial charge on any atom is 0.103 e. The maximum atomic E-state index is 5.33. The summed E-state index contributed by atoms with van der Waals surface area (Å²) in [5.41, 5.74) is 1.65. The Labute approximate surface area is 104 Å². The molecule has 0 spiro atoms. The zero-order chi connectivity index (χ0) is 11.9. The lowest BCUT2D eigenvalue weighted by molar-refractivity contribution is 0.461. The molecule has 0 aliphatic heterocycles. The molecule has 0 radical (unpaired) electrons. The van der Waals surface area contributed by atoms with E-state index in [-0.39, 0.29) is 0 Å². The van der Waals surface area contributed by atoms with Gasteiger partial charge in [-0.15, -0.1) is 0 Å². The standard InChI is InChI=1S/C15H23NO/c1-13(8-9-15-7-4-12-17-15)16-11-10-14-5-2-3-6-14/h4-5,7,12-13,16H,2-3,6,8-11H2,1H3. The molecule has 0 bridgehead atoms. The van der Waals surface area contributed by atoms with Gasteiger partial charge in [-0.05, 0) is 57.7 Å². The molecule has 0 amide bonds. The number of allylic oxidation sites excluding steroid dienone is 1. The van der Waals surface area contributed by atoms with Crippen LogP contribution in [0.4, 0.5) is 0 Å². The van der Waals surface area contributed by atoms with Crippen molar-refractivity contribution in [1.82, 2.24) is 5.32 Å². The largest absolute Gasteiger partial charge is 0.469 e. The summed E-state index contributed by atoms with van der Waals surface area (Å²) >= 11 is 0. The SMILES string of the molecule is CC(CCc1ccco1)NCCC1=CCCC1. The van der Waals surface area contributed by atoms with Gasteiger partial charge in [-0.2, -0.15) is 0 Å². The lowest BCUT2D eigenvalue weighted by Crippen LogP contribution is -2.27. The van der Waals surface area contributed by atoms with Crippen molar-refractivity contribution in [2.45, 2.75) is 51.5 Å². The third-order valence-electron chi connectivity index (χ3n) is 3.48. The Morgan fingerprint density at radius 2 is 2.35 bits per heavy atom. The topological polar surface area (TPSA) is 25.2 Å². The quantitative estimate of drug-likeness (QED) is 0.727. The van der Waals surface area contributed by atoms with Crippen LogP contribution >= 0.6 is 0 Å². The van der Waals surface area contributed by atoms with Gasteiger partial charge in [-0.1, -0.05) is 11.6 Å². The Bertz CT molecular complexity index is 340. The minimum absolute atomic E-state index is 0.571. The fraction of sp³-hybridized carbons (Fsp3) is 0.600. The predicted molar refractivity (Wildman–Crippen MR) is 71.0 cm³/mol. The van der Waals surface area contributed by atoms with E-state index < -0.39 is 0 Å². The highest BCUT2D eigenvalue weighted by Gasteiger charge is 2.06. The molecule has 0 aromatic carbocycles. The molecule has 1 aromatic rings. The highest BCUT2D eigenvalue weighted by molar-refractivity contribution is 5.07. The van der Waals surface area contributed by atoms with Gasteiger partial charge >= 0.3 is 0 Å². The molecule has 1 N–H and O–H groups in total. The number of nitrogens with one attached hydrogen (secondary N) is 1. The molecule has 2 heteroatoms. The van der Waals surface area contributed by atoms with Gasteiger partial charge in [0.2, 0.25) is 0 Å². The molecule has 1 heterocycles. The smallest absolute Gasteiger partial charge is 0.103 e. The second-order valence-electron chi connectivity index (χ2n) is 4.98. The number of hydrogen-bond acceptors (Lipinski definition) is 2. The van der Waals surface area contributed by atoms with Crippen molar-refractivity contribution in [3.05, 3.63) is 35.8 Å². The van der Waals surface area contributed by atoms with Gasteiger partial charge in [0.05, 0.1) is 6.26 Å². The lowest BCUT2D eigenvalue weighted by Gasteiger charge is -2.13. The van der Waals surface area contributed by atoms with Crippen molar-refractivity contribution in [1.29, 1.82) is 0 Å². The molecule has 0 saturated carbocycles. The van der Waals surface area contributed by atoms with Crippen molar-refractivity contribution in [2.75, 3.05) is 6.54 Å². The average molecular weight is 233 g/mol. The summed E-state index contributed by atoms with van der Waals surface area (Å²) in [6.07, 6.45) is 11.5. The van der Waals surface area contributed by atoms with Gasteiger partial charge in [0.15, 0.2) is 0 Å². The molecular formula is C15H23NO. The van der Waals surface area contributed by atoms with Crippen LogP contribution in [0.1, 0.15) is 44.8 Å². The van der Waals surface area contributed by atoms with Crippen LogP contribution in [0.25, 0.3) is 0 Å². The van der Waals surface area contributed by atoms with E-state index in [9.17, 15) is 0 Å². The maximum absolute atomic E-state index is 5.33. The molecule has 0 saturated heterocycles. The molecule has 1 unspecified atom stereocenters. The molecule has 17 heavy (non-hydrogen) atoms. The second-order valence-corrected chi connectivity index (χ2v) is 4.98. The third kappa shape index (κ3) is 4.39. The van der Waals surface area contributed by atoms with Crippen LogP contribution in [0.15, 0.2) is 34.5 Å². The Kier molecular flexibility index (Phi) is 4.87. The van der Waals surface area contributed by atoms with Crippen LogP contribution < -0.4 is 5.32 Å². The first-order chi connectivity index (χ1) is 8.34. The van der Waals surface area contributed by atoms with Crippen LogP contribution in [0.5, 0.6) is 0 Å². The number of hydrogen-bond donors (Lipinski definition) is 1. The van der Waals surface area contributed by atoms with Gasteiger partial charge in [0.1, 0.15) is 5.76 Å². The average Bonchev–Trinajstić information content (AvgIpc) is 2.99. The van der Waals surface area contributed by atoms with Crippen molar-refractivity contribution >= 4 is 0 Å². The summed E-state index contributed by atoms with van der Waals surface area (Å²) in [6, 6.07) is 4.58. The third-order valence-corrected chi connectivity index (χ3v) is 3.48. The minimum atomic E-state index is 0.571. The van der Waals surface area contributed by atoms with E-state index >= 15 is 0 Å². The van der Waals surface area contributed by atoms with Crippen LogP contribution in [0.3, 0.4) is 0 Å². The summed E-state index contributed by atoms with van der Waals surface area (Å²) in [7, 11) is 0. The molecule has 1 aromatic heterocycles. The van der Waals surface area contributed by atoms with Crippen LogP contribution in [0, 0.1) is 0 Å². The first-order valence-corrected chi connectivity index (χ1v) is 6.78. The molecule has 1 aliphatic carbocycles. The van der Waals surface area contributed by atoms with Crippen LogP contribution in [-0.4, -0.2) is 12.6 Å². The van der Waals surface area contributed by atoms with E-state index in [1.165, 1.54) is 25.7 Å². The number of rotatable bonds is 7. The van der Waals surface area contributed by atoms with Crippen LogP contribution in [0.2, 0.25) is 0 Å². The molecule has 2 rings (SSSR count). The van der Waals surface area contributed by atoms with Crippen molar-refractivity contribution in [3.8, 4) is 0 Å². The molecule has 1 atom stereocenters. The van der Waals surface area contributed by atoms with Crippen LogP contribution in [-0.2, 0) is 6.42 Å². The Morgan fingerprint density at radius 3 is 3.06 bits per heavy atom. The zero-order valence-electron chi connectivity index (χ0n) is 10.7. The van der Waals surface area contributed by atoms with Gasteiger partial charge in [0, 0.05) is 12.5 Å². The fourth-order valence-corrected chi connectivity index (χ4v) is 2.36. The van der Waals surface area contributed by atoms with E-state index in [0.717, 1.165) is 25.1 Å². The number of aryl methyl sites for hydroxylation is 1.